The molecule has 1 heterocycles. The Morgan fingerprint density at radius 3 is 2.19 bits per heavy atom. The smallest absolute Gasteiger partial charge is 0.269 e. The van der Waals surface area contributed by atoms with E-state index in [2.05, 4.69) is 55.8 Å². The van der Waals surface area contributed by atoms with E-state index in [0.29, 0.717) is 0 Å². The van der Waals surface area contributed by atoms with Gasteiger partial charge in [0.1, 0.15) is 0 Å². The summed E-state index contributed by atoms with van der Waals surface area (Å²) >= 11 is 1.56. The minimum atomic E-state index is -0.378. The van der Waals surface area contributed by atoms with Crippen LogP contribution in [0, 0.1) is 37.8 Å². The van der Waals surface area contributed by atoms with Gasteiger partial charge in [-0.25, -0.2) is 4.99 Å². The third-order valence-electron chi connectivity index (χ3n) is 5.69. The molecule has 6 heteroatoms. The fourth-order valence-corrected chi connectivity index (χ4v) is 4.43. The van der Waals surface area contributed by atoms with Gasteiger partial charge in [0.15, 0.2) is 4.80 Å². The minimum absolute atomic E-state index is 0.0811. The molecule has 0 unspecified atom stereocenters. The Kier molecular flexibility index (Phi) is 5.57. The molecule has 0 amide bonds. The number of rotatable bonds is 4. The van der Waals surface area contributed by atoms with E-state index >= 15 is 0 Å². The molecule has 0 bridgehead atoms. The summed E-state index contributed by atoms with van der Waals surface area (Å²) < 4.78 is 2.15. The highest BCUT2D eigenvalue weighted by Crippen LogP contribution is 2.29. The molecule has 0 saturated carbocycles. The predicted octanol–water partition coefficient (Wildman–Crippen LogP) is 6.58. The maximum Gasteiger partial charge on any atom is 0.269 e. The normalized spacial score (nSPS) is 11.7. The van der Waals surface area contributed by atoms with E-state index in [1.165, 1.54) is 16.7 Å². The van der Waals surface area contributed by atoms with Gasteiger partial charge in [0.2, 0.25) is 0 Å². The Hall–Kier alpha value is -3.51. The molecule has 0 fully saturated rings. The maximum absolute atomic E-state index is 11.1. The van der Waals surface area contributed by atoms with E-state index in [1.54, 1.807) is 35.6 Å². The van der Waals surface area contributed by atoms with E-state index in [-0.39, 0.29) is 10.6 Å². The second-order valence-electron chi connectivity index (χ2n) is 7.59. The average Bonchev–Trinajstić information content (AvgIpc) is 3.16. The highest BCUT2D eigenvalue weighted by atomic mass is 32.1. The summed E-state index contributed by atoms with van der Waals surface area (Å²) in [6.07, 6.45) is 0. The summed E-state index contributed by atoms with van der Waals surface area (Å²) in [4.78, 5) is 16.6. The Labute approximate surface area is 185 Å². The summed E-state index contributed by atoms with van der Waals surface area (Å²) in [6.45, 7) is 8.38. The first-order chi connectivity index (χ1) is 14.9. The van der Waals surface area contributed by atoms with Crippen molar-refractivity contribution in [3.63, 3.8) is 0 Å². The number of hydrogen-bond donors (Lipinski definition) is 0. The number of benzene rings is 3. The molecule has 0 N–H and O–H groups in total. The van der Waals surface area contributed by atoms with Crippen LogP contribution < -0.4 is 4.80 Å². The molecular weight excluding hydrogens is 406 g/mol. The van der Waals surface area contributed by atoms with Crippen molar-refractivity contribution in [2.75, 3.05) is 0 Å². The Balaban J connectivity index is 1.99. The number of nitro benzene ring substituents is 1. The van der Waals surface area contributed by atoms with Crippen molar-refractivity contribution in [3.05, 3.63) is 103 Å². The molecule has 0 spiro atoms. The van der Waals surface area contributed by atoms with Gasteiger partial charge >= 0.3 is 0 Å². The molecule has 4 aromatic rings. The first-order valence-electron chi connectivity index (χ1n) is 9.99. The molecule has 156 valence electrons. The zero-order valence-corrected chi connectivity index (χ0v) is 18.7. The van der Waals surface area contributed by atoms with Crippen LogP contribution in [0.3, 0.4) is 0 Å². The lowest BCUT2D eigenvalue weighted by Gasteiger charge is -2.14. The van der Waals surface area contributed by atoms with Gasteiger partial charge in [-0.3, -0.25) is 14.7 Å². The molecule has 4 rings (SSSR count). The van der Waals surface area contributed by atoms with Gasteiger partial charge in [-0.1, -0.05) is 24.3 Å². The quantitative estimate of drug-likeness (QED) is 0.272. The molecular formula is C25H23N3O2S. The largest absolute Gasteiger partial charge is 0.285 e. The second-order valence-corrected chi connectivity index (χ2v) is 8.43. The predicted molar refractivity (Wildman–Crippen MR) is 126 cm³/mol. The zero-order chi connectivity index (χ0) is 22.1. The van der Waals surface area contributed by atoms with Gasteiger partial charge in [0.05, 0.1) is 22.0 Å². The number of non-ortho nitro benzene ring substituents is 1. The van der Waals surface area contributed by atoms with Gasteiger partial charge in [-0.15, -0.1) is 11.3 Å². The third kappa shape index (κ3) is 3.94. The fourth-order valence-electron chi connectivity index (χ4n) is 3.51. The van der Waals surface area contributed by atoms with Crippen molar-refractivity contribution >= 4 is 22.7 Å². The van der Waals surface area contributed by atoms with E-state index < -0.39 is 0 Å². The monoisotopic (exact) mass is 429 g/mol. The number of nitro groups is 1. The summed E-state index contributed by atoms with van der Waals surface area (Å²) in [5, 5.41) is 13.1. The number of thiazole rings is 1. The first-order valence-corrected chi connectivity index (χ1v) is 10.9. The van der Waals surface area contributed by atoms with Crippen molar-refractivity contribution in [2.24, 2.45) is 4.99 Å². The first kappa shape index (κ1) is 20.8. The van der Waals surface area contributed by atoms with Crippen LogP contribution in [0.15, 0.2) is 71.0 Å². The van der Waals surface area contributed by atoms with Crippen molar-refractivity contribution < 1.29 is 4.92 Å². The van der Waals surface area contributed by atoms with Gasteiger partial charge in [0.25, 0.3) is 5.69 Å². The molecule has 0 aliphatic heterocycles. The van der Waals surface area contributed by atoms with Gasteiger partial charge in [-0.2, -0.15) is 0 Å². The summed E-state index contributed by atoms with van der Waals surface area (Å²) in [7, 11) is 0. The van der Waals surface area contributed by atoms with Crippen LogP contribution in [0.25, 0.3) is 16.9 Å². The lowest BCUT2D eigenvalue weighted by molar-refractivity contribution is -0.384. The molecule has 0 aliphatic rings. The molecule has 5 nitrogen and oxygen atoms in total. The van der Waals surface area contributed by atoms with Crippen LogP contribution in [-0.2, 0) is 0 Å². The van der Waals surface area contributed by atoms with Crippen molar-refractivity contribution in [1.29, 1.82) is 0 Å². The van der Waals surface area contributed by atoms with E-state index in [9.17, 15) is 10.1 Å². The van der Waals surface area contributed by atoms with E-state index in [0.717, 1.165) is 33.0 Å². The Bertz CT molecular complexity index is 1350. The molecule has 3 aromatic carbocycles. The minimum Gasteiger partial charge on any atom is -0.285 e. The lowest BCUT2D eigenvalue weighted by Crippen LogP contribution is -2.15. The molecule has 0 aliphatic carbocycles. The zero-order valence-electron chi connectivity index (χ0n) is 17.9. The van der Waals surface area contributed by atoms with Gasteiger partial charge in [0, 0.05) is 17.5 Å². The molecule has 0 saturated heterocycles. The van der Waals surface area contributed by atoms with Crippen LogP contribution in [0.2, 0.25) is 0 Å². The lowest BCUT2D eigenvalue weighted by atomic mass is 10.1. The molecule has 0 radical (unpaired) electrons. The van der Waals surface area contributed by atoms with Crippen LogP contribution >= 0.6 is 11.3 Å². The van der Waals surface area contributed by atoms with Crippen LogP contribution in [0.4, 0.5) is 11.4 Å². The number of aryl methyl sites for hydroxylation is 2. The number of aromatic nitrogens is 1. The topological polar surface area (TPSA) is 60.4 Å². The van der Waals surface area contributed by atoms with Crippen molar-refractivity contribution in [2.45, 2.75) is 27.7 Å². The van der Waals surface area contributed by atoms with Gasteiger partial charge in [-0.05, 0) is 79.8 Å². The summed E-state index contributed by atoms with van der Waals surface area (Å²) in [5.41, 5.74) is 8.66. The summed E-state index contributed by atoms with van der Waals surface area (Å²) in [5.74, 6) is 0. The number of nitrogens with zero attached hydrogens (tertiary/aromatic N) is 3. The van der Waals surface area contributed by atoms with E-state index in [1.807, 2.05) is 18.2 Å². The van der Waals surface area contributed by atoms with Crippen molar-refractivity contribution in [3.8, 4) is 16.9 Å². The highest BCUT2D eigenvalue weighted by Gasteiger charge is 2.15. The van der Waals surface area contributed by atoms with Gasteiger partial charge < -0.3 is 0 Å². The standard InChI is InChI=1S/C25H23N3O2S/c1-16-7-5-9-22(18(16)3)26-25-27(23-10-6-8-17(2)19(23)4)24(15-31-25)20-11-13-21(14-12-20)28(29)30/h5-15H,1-4H3. The number of hydrogen-bond acceptors (Lipinski definition) is 4. The summed E-state index contributed by atoms with van der Waals surface area (Å²) in [6, 6.07) is 19.0. The Morgan fingerprint density at radius 2 is 1.52 bits per heavy atom. The fraction of sp³-hybridized carbons (Fsp3) is 0.160. The van der Waals surface area contributed by atoms with Crippen molar-refractivity contribution in [1.82, 2.24) is 4.57 Å². The molecule has 0 atom stereocenters. The van der Waals surface area contributed by atoms with E-state index in [4.69, 9.17) is 4.99 Å². The van der Waals surface area contributed by atoms with Crippen LogP contribution in [-0.4, -0.2) is 9.49 Å². The average molecular weight is 430 g/mol. The maximum atomic E-state index is 11.1. The highest BCUT2D eigenvalue weighted by molar-refractivity contribution is 7.07. The van der Waals surface area contributed by atoms with Crippen LogP contribution in [0.1, 0.15) is 22.3 Å². The van der Waals surface area contributed by atoms with Crippen LogP contribution in [0.5, 0.6) is 0 Å². The SMILES string of the molecule is Cc1cccc(N=c2scc(-c3ccc([N+](=O)[O-])cc3)n2-c2cccc(C)c2C)c1C. The second kappa shape index (κ2) is 8.32. The molecule has 1 aromatic heterocycles. The molecule has 31 heavy (non-hydrogen) atoms. The third-order valence-corrected chi connectivity index (χ3v) is 6.52. The Morgan fingerprint density at radius 1 is 0.871 bits per heavy atom.